The zero-order chi connectivity index (χ0) is 15.8. The van der Waals surface area contributed by atoms with Crippen LogP contribution in [-0.4, -0.2) is 0 Å². The second-order valence-electron chi connectivity index (χ2n) is 6.45. The van der Waals surface area contributed by atoms with E-state index in [2.05, 4.69) is 31.2 Å². The third-order valence-electron chi connectivity index (χ3n) is 4.84. The van der Waals surface area contributed by atoms with Crippen LogP contribution in [0.3, 0.4) is 0 Å². The molecule has 0 aliphatic heterocycles. The van der Waals surface area contributed by atoms with E-state index in [9.17, 15) is 4.39 Å². The second kappa shape index (κ2) is 8.73. The standard InChI is InChI=1S/C20H26FN/c1-2-4-16-7-11-18(12-8-16)19-13-9-17(10-14-19)5-3-6-20(21)15-22/h6-8,11-12,17,19H,2-5,9-10,13-14H2,1H3. The topological polar surface area (TPSA) is 23.8 Å². The summed E-state index contributed by atoms with van der Waals surface area (Å²) in [6.07, 6.45) is 10.4. The average Bonchev–Trinajstić information content (AvgIpc) is 2.56. The summed E-state index contributed by atoms with van der Waals surface area (Å²) in [6.45, 7) is 2.22. The van der Waals surface area contributed by atoms with Gasteiger partial charge in [0, 0.05) is 0 Å². The normalized spacial score (nSPS) is 22.3. The maximum Gasteiger partial charge on any atom is 0.196 e. The van der Waals surface area contributed by atoms with Gasteiger partial charge in [0.15, 0.2) is 5.83 Å². The molecule has 0 radical (unpaired) electrons. The predicted octanol–water partition coefficient (Wildman–Crippen LogP) is 6.07. The maximum absolute atomic E-state index is 12.8. The van der Waals surface area contributed by atoms with Crippen molar-refractivity contribution < 1.29 is 4.39 Å². The lowest BCUT2D eigenvalue weighted by Gasteiger charge is -2.28. The van der Waals surface area contributed by atoms with Crippen LogP contribution in [0.2, 0.25) is 0 Å². The van der Waals surface area contributed by atoms with Crippen LogP contribution in [0.1, 0.15) is 68.9 Å². The number of hydrogen-bond acceptors (Lipinski definition) is 1. The van der Waals surface area contributed by atoms with Crippen LogP contribution >= 0.6 is 0 Å². The van der Waals surface area contributed by atoms with Crippen LogP contribution in [0.5, 0.6) is 0 Å². The fraction of sp³-hybridized carbons (Fsp3) is 0.550. The highest BCUT2D eigenvalue weighted by Crippen LogP contribution is 2.37. The summed E-state index contributed by atoms with van der Waals surface area (Å²) >= 11 is 0. The molecule has 1 saturated carbocycles. The first-order valence-corrected chi connectivity index (χ1v) is 8.57. The first kappa shape index (κ1) is 16.7. The van der Waals surface area contributed by atoms with Gasteiger partial charge in [0.2, 0.25) is 0 Å². The van der Waals surface area contributed by atoms with Crippen molar-refractivity contribution in [3.63, 3.8) is 0 Å². The van der Waals surface area contributed by atoms with Crippen LogP contribution in [0.25, 0.3) is 0 Å². The molecule has 2 heteroatoms. The zero-order valence-electron chi connectivity index (χ0n) is 13.5. The van der Waals surface area contributed by atoms with Gasteiger partial charge in [-0.3, -0.25) is 0 Å². The summed E-state index contributed by atoms with van der Waals surface area (Å²) in [4.78, 5) is 0. The Morgan fingerprint density at radius 1 is 1.23 bits per heavy atom. The molecule has 1 fully saturated rings. The molecule has 0 spiro atoms. The van der Waals surface area contributed by atoms with Gasteiger partial charge >= 0.3 is 0 Å². The smallest absolute Gasteiger partial charge is 0.195 e. The molecular formula is C20H26FN. The van der Waals surface area contributed by atoms with Crippen molar-refractivity contribution in [2.45, 2.75) is 64.2 Å². The number of nitriles is 1. The SMILES string of the molecule is CCCc1ccc(C2CCC(CCC=C(F)C#N)CC2)cc1. The molecule has 0 N–H and O–H groups in total. The minimum absolute atomic E-state index is 0.638. The van der Waals surface area contributed by atoms with Gasteiger partial charge in [0.25, 0.3) is 0 Å². The molecule has 1 aromatic carbocycles. The Bertz CT molecular complexity index is 516. The number of rotatable bonds is 6. The van der Waals surface area contributed by atoms with Crippen molar-refractivity contribution in [2.75, 3.05) is 0 Å². The summed E-state index contributed by atoms with van der Waals surface area (Å²) < 4.78 is 12.8. The first-order valence-electron chi connectivity index (χ1n) is 8.57. The van der Waals surface area contributed by atoms with E-state index in [1.54, 1.807) is 0 Å². The van der Waals surface area contributed by atoms with E-state index in [4.69, 9.17) is 5.26 Å². The molecule has 0 unspecified atom stereocenters. The quantitative estimate of drug-likeness (QED) is 0.585. The highest BCUT2D eigenvalue weighted by atomic mass is 19.1. The molecule has 0 amide bonds. The first-order chi connectivity index (χ1) is 10.7. The summed E-state index contributed by atoms with van der Waals surface area (Å²) in [5.41, 5.74) is 2.92. The van der Waals surface area contributed by atoms with Crippen LogP contribution in [0, 0.1) is 17.2 Å². The highest BCUT2D eigenvalue weighted by molar-refractivity contribution is 5.25. The largest absolute Gasteiger partial charge is 0.196 e. The zero-order valence-corrected chi connectivity index (χ0v) is 13.5. The Labute approximate surface area is 133 Å². The second-order valence-corrected chi connectivity index (χ2v) is 6.45. The van der Waals surface area contributed by atoms with Crippen LogP contribution < -0.4 is 0 Å². The van der Waals surface area contributed by atoms with Gasteiger partial charge < -0.3 is 0 Å². The van der Waals surface area contributed by atoms with Crippen molar-refractivity contribution in [1.82, 2.24) is 0 Å². The number of benzene rings is 1. The summed E-state index contributed by atoms with van der Waals surface area (Å²) in [5.74, 6) is 0.748. The van der Waals surface area contributed by atoms with Crippen LogP contribution in [-0.2, 0) is 6.42 Å². The molecule has 0 bridgehead atoms. The lowest BCUT2D eigenvalue weighted by atomic mass is 9.77. The van der Waals surface area contributed by atoms with Crippen molar-refractivity contribution in [1.29, 1.82) is 5.26 Å². The van der Waals surface area contributed by atoms with Gasteiger partial charge in [-0.25, -0.2) is 0 Å². The molecule has 0 atom stereocenters. The lowest BCUT2D eigenvalue weighted by molar-refractivity contribution is 0.311. The summed E-state index contributed by atoms with van der Waals surface area (Å²) in [5, 5.41) is 8.39. The maximum atomic E-state index is 12.8. The van der Waals surface area contributed by atoms with Gasteiger partial charge in [-0.15, -0.1) is 0 Å². The van der Waals surface area contributed by atoms with Crippen molar-refractivity contribution in [2.24, 2.45) is 5.92 Å². The molecule has 2 rings (SSSR count). The van der Waals surface area contributed by atoms with Crippen molar-refractivity contribution in [3.8, 4) is 6.07 Å². The molecule has 0 saturated heterocycles. The fourth-order valence-corrected chi connectivity index (χ4v) is 3.52. The van der Waals surface area contributed by atoms with Gasteiger partial charge in [0.05, 0.1) is 0 Å². The lowest BCUT2D eigenvalue weighted by Crippen LogP contribution is -2.13. The fourth-order valence-electron chi connectivity index (χ4n) is 3.52. The van der Waals surface area contributed by atoms with E-state index in [-0.39, 0.29) is 0 Å². The number of hydrogen-bond donors (Lipinski definition) is 0. The third-order valence-corrected chi connectivity index (χ3v) is 4.84. The number of halogens is 1. The van der Waals surface area contributed by atoms with Gasteiger partial charge in [0.1, 0.15) is 6.07 Å². The van der Waals surface area contributed by atoms with E-state index in [0.717, 1.165) is 6.42 Å². The highest BCUT2D eigenvalue weighted by Gasteiger charge is 2.21. The van der Waals surface area contributed by atoms with Crippen molar-refractivity contribution in [3.05, 3.63) is 47.3 Å². The summed E-state index contributed by atoms with van der Waals surface area (Å²) in [6, 6.07) is 10.7. The van der Waals surface area contributed by atoms with E-state index in [0.29, 0.717) is 18.3 Å². The number of aryl methyl sites for hydroxylation is 1. The number of nitrogens with zero attached hydrogens (tertiary/aromatic N) is 1. The number of allylic oxidation sites excluding steroid dienone is 2. The van der Waals surface area contributed by atoms with Gasteiger partial charge in [-0.1, -0.05) is 37.6 Å². The Balaban J connectivity index is 1.78. The molecule has 1 nitrogen and oxygen atoms in total. The van der Waals surface area contributed by atoms with E-state index in [1.165, 1.54) is 61.8 Å². The Morgan fingerprint density at radius 3 is 2.50 bits per heavy atom. The molecule has 22 heavy (non-hydrogen) atoms. The Morgan fingerprint density at radius 2 is 1.91 bits per heavy atom. The molecule has 1 aromatic rings. The summed E-state index contributed by atoms with van der Waals surface area (Å²) in [7, 11) is 0. The predicted molar refractivity (Wildman–Crippen MR) is 89.2 cm³/mol. The average molecular weight is 299 g/mol. The third kappa shape index (κ3) is 4.98. The Hall–Kier alpha value is -1.62. The Kier molecular flexibility index (Phi) is 6.65. The minimum atomic E-state index is -0.638. The van der Waals surface area contributed by atoms with Crippen molar-refractivity contribution >= 4 is 0 Å². The molecule has 1 aliphatic carbocycles. The van der Waals surface area contributed by atoms with E-state index < -0.39 is 5.83 Å². The molecule has 118 valence electrons. The molecular weight excluding hydrogens is 273 g/mol. The monoisotopic (exact) mass is 299 g/mol. The van der Waals surface area contributed by atoms with Gasteiger partial charge in [-0.2, -0.15) is 9.65 Å². The van der Waals surface area contributed by atoms with Gasteiger partial charge in [-0.05, 0) is 74.0 Å². The molecule has 0 heterocycles. The van der Waals surface area contributed by atoms with E-state index in [1.807, 2.05) is 0 Å². The van der Waals surface area contributed by atoms with Crippen LogP contribution in [0.15, 0.2) is 36.2 Å². The molecule has 1 aliphatic rings. The minimum Gasteiger partial charge on any atom is -0.195 e. The molecule has 0 aromatic heterocycles. The van der Waals surface area contributed by atoms with E-state index >= 15 is 0 Å². The van der Waals surface area contributed by atoms with Crippen LogP contribution in [0.4, 0.5) is 4.39 Å².